The Hall–Kier alpha value is -3.13. The van der Waals surface area contributed by atoms with Gasteiger partial charge in [-0.25, -0.2) is 4.79 Å². The van der Waals surface area contributed by atoms with Crippen molar-refractivity contribution in [2.24, 2.45) is 14.1 Å². The van der Waals surface area contributed by atoms with Gasteiger partial charge in [0.1, 0.15) is 0 Å². The largest absolute Gasteiger partial charge is 0.383 e. The lowest BCUT2D eigenvalue weighted by molar-refractivity contribution is 0.188. The van der Waals surface area contributed by atoms with Crippen LogP contribution in [0, 0.1) is 0 Å². The van der Waals surface area contributed by atoms with E-state index in [0.717, 1.165) is 15.8 Å². The summed E-state index contributed by atoms with van der Waals surface area (Å²) < 4.78 is 11.5. The van der Waals surface area contributed by atoms with Gasteiger partial charge >= 0.3 is 5.69 Å². The van der Waals surface area contributed by atoms with E-state index in [1.165, 1.54) is 11.6 Å². The number of benzene rings is 1. The molecule has 0 radical (unpaired) electrons. The van der Waals surface area contributed by atoms with Crippen LogP contribution in [-0.2, 0) is 25.4 Å². The maximum atomic E-state index is 12.7. The lowest BCUT2D eigenvalue weighted by Crippen LogP contribution is -2.37. The third-order valence-corrected chi connectivity index (χ3v) is 4.65. The van der Waals surface area contributed by atoms with Crippen molar-refractivity contribution in [3.05, 3.63) is 57.4 Å². The molecule has 0 bridgehead atoms. The fraction of sp³-hybridized carbons (Fsp3) is 0.278. The van der Waals surface area contributed by atoms with Crippen molar-refractivity contribution in [3.8, 4) is 11.3 Å². The minimum atomic E-state index is -0.394. The summed E-state index contributed by atoms with van der Waals surface area (Å²) in [6.07, 6.45) is 1.89. The molecule has 0 N–H and O–H groups in total. The fourth-order valence-electron chi connectivity index (χ4n) is 3.26. The van der Waals surface area contributed by atoms with E-state index in [0.29, 0.717) is 30.1 Å². The molecule has 26 heavy (non-hydrogen) atoms. The van der Waals surface area contributed by atoms with Crippen molar-refractivity contribution in [1.82, 2.24) is 23.1 Å². The lowest BCUT2D eigenvalue weighted by atomic mass is 10.2. The third-order valence-electron chi connectivity index (χ3n) is 4.65. The quantitative estimate of drug-likeness (QED) is 0.549. The van der Waals surface area contributed by atoms with E-state index in [4.69, 9.17) is 4.74 Å². The van der Waals surface area contributed by atoms with E-state index < -0.39 is 5.69 Å². The first kappa shape index (κ1) is 16.3. The maximum Gasteiger partial charge on any atom is 0.332 e. The van der Waals surface area contributed by atoms with Crippen molar-refractivity contribution in [2.75, 3.05) is 13.7 Å². The molecule has 3 heterocycles. The molecule has 0 aliphatic carbocycles. The van der Waals surface area contributed by atoms with Crippen LogP contribution in [0.5, 0.6) is 0 Å². The zero-order chi connectivity index (χ0) is 18.4. The van der Waals surface area contributed by atoms with E-state index in [2.05, 4.69) is 4.98 Å². The highest BCUT2D eigenvalue weighted by Gasteiger charge is 2.20. The number of aromatic nitrogens is 5. The first-order valence-electron chi connectivity index (χ1n) is 8.26. The molecule has 4 aromatic rings. The van der Waals surface area contributed by atoms with Gasteiger partial charge in [0.25, 0.3) is 5.56 Å². The monoisotopic (exact) mass is 353 g/mol. The molecule has 0 unspecified atom stereocenters. The molecule has 0 spiro atoms. The predicted molar refractivity (Wildman–Crippen MR) is 98.5 cm³/mol. The number of hydrogen-bond donors (Lipinski definition) is 0. The lowest BCUT2D eigenvalue weighted by Gasteiger charge is -2.08. The third kappa shape index (κ3) is 2.22. The molecule has 8 nitrogen and oxygen atoms in total. The van der Waals surface area contributed by atoms with E-state index >= 15 is 0 Å². The molecule has 0 saturated carbocycles. The highest BCUT2D eigenvalue weighted by molar-refractivity contribution is 5.78. The summed E-state index contributed by atoms with van der Waals surface area (Å²) in [6.45, 7) is 1.08. The molecular formula is C18H19N5O3. The van der Waals surface area contributed by atoms with Gasteiger partial charge in [-0.2, -0.15) is 4.98 Å². The van der Waals surface area contributed by atoms with Gasteiger partial charge in [-0.05, 0) is 5.56 Å². The second-order valence-electron chi connectivity index (χ2n) is 6.18. The van der Waals surface area contributed by atoms with Crippen molar-refractivity contribution < 1.29 is 4.74 Å². The Kier molecular flexibility index (Phi) is 3.77. The highest BCUT2D eigenvalue weighted by Crippen LogP contribution is 2.25. The predicted octanol–water partition coefficient (Wildman–Crippen LogP) is 1.000. The Morgan fingerprint density at radius 1 is 1.08 bits per heavy atom. The van der Waals surface area contributed by atoms with Gasteiger partial charge in [-0.15, -0.1) is 0 Å². The second-order valence-corrected chi connectivity index (χ2v) is 6.18. The molecule has 0 saturated heterocycles. The molecule has 1 aromatic carbocycles. The standard InChI is InChI=1S/C18H19N5O3/c1-20-15-14(16(24)21(2)18(20)25)23-11-13(12-7-5-4-6-8-12)22(9-10-26-3)17(23)19-15/h4-8,11H,9-10H2,1-3H3. The van der Waals surface area contributed by atoms with Gasteiger partial charge in [0.2, 0.25) is 5.78 Å². The minimum Gasteiger partial charge on any atom is -0.383 e. The summed E-state index contributed by atoms with van der Waals surface area (Å²) in [6, 6.07) is 9.90. The molecular weight excluding hydrogens is 334 g/mol. The normalized spacial score (nSPS) is 11.7. The van der Waals surface area contributed by atoms with Gasteiger partial charge in [0, 0.05) is 33.9 Å². The molecule has 0 fully saturated rings. The Morgan fingerprint density at radius 2 is 1.81 bits per heavy atom. The van der Waals surface area contributed by atoms with Gasteiger partial charge in [-0.3, -0.25) is 18.3 Å². The Morgan fingerprint density at radius 3 is 2.50 bits per heavy atom. The van der Waals surface area contributed by atoms with Gasteiger partial charge in [0.15, 0.2) is 11.2 Å². The number of aryl methyl sites for hydroxylation is 1. The van der Waals surface area contributed by atoms with Crippen LogP contribution in [0.1, 0.15) is 0 Å². The van der Waals surface area contributed by atoms with Gasteiger partial charge < -0.3 is 9.30 Å². The summed E-state index contributed by atoms with van der Waals surface area (Å²) in [5, 5.41) is 0. The zero-order valence-electron chi connectivity index (χ0n) is 14.8. The Labute approximate surface area is 148 Å². The summed E-state index contributed by atoms with van der Waals surface area (Å²) in [5.74, 6) is 0.606. The van der Waals surface area contributed by atoms with Crippen LogP contribution in [0.25, 0.3) is 28.2 Å². The van der Waals surface area contributed by atoms with Crippen LogP contribution >= 0.6 is 0 Å². The summed E-state index contributed by atoms with van der Waals surface area (Å²) >= 11 is 0. The average Bonchev–Trinajstić information content (AvgIpc) is 3.20. The number of methoxy groups -OCH3 is 1. The van der Waals surface area contributed by atoms with Gasteiger partial charge in [0.05, 0.1) is 12.3 Å². The van der Waals surface area contributed by atoms with E-state index in [-0.39, 0.29) is 5.56 Å². The summed E-state index contributed by atoms with van der Waals surface area (Å²) in [5.41, 5.74) is 1.96. The molecule has 3 aromatic heterocycles. The number of imidazole rings is 2. The molecule has 8 heteroatoms. The van der Waals surface area contributed by atoms with Crippen LogP contribution in [0.2, 0.25) is 0 Å². The molecule has 134 valence electrons. The molecule has 0 aliphatic rings. The molecule has 0 amide bonds. The fourth-order valence-corrected chi connectivity index (χ4v) is 3.26. The maximum absolute atomic E-state index is 12.7. The number of nitrogens with zero attached hydrogens (tertiary/aromatic N) is 5. The highest BCUT2D eigenvalue weighted by atomic mass is 16.5. The molecule has 0 aliphatic heterocycles. The van der Waals surface area contributed by atoms with Crippen LogP contribution in [0.4, 0.5) is 0 Å². The van der Waals surface area contributed by atoms with Crippen molar-refractivity contribution in [2.45, 2.75) is 6.54 Å². The van der Waals surface area contributed by atoms with E-state index in [9.17, 15) is 9.59 Å². The van der Waals surface area contributed by atoms with Gasteiger partial charge in [-0.1, -0.05) is 30.3 Å². The first-order valence-corrected chi connectivity index (χ1v) is 8.26. The molecule has 4 rings (SSSR count). The summed E-state index contributed by atoms with van der Waals surface area (Å²) in [7, 11) is 4.74. The van der Waals surface area contributed by atoms with Crippen molar-refractivity contribution in [1.29, 1.82) is 0 Å². The number of fused-ring (bicyclic) bond motifs is 3. The average molecular weight is 353 g/mol. The molecule has 0 atom stereocenters. The Bertz CT molecular complexity index is 1230. The number of hydrogen-bond acceptors (Lipinski definition) is 4. The van der Waals surface area contributed by atoms with E-state index in [1.807, 2.05) is 41.1 Å². The summed E-state index contributed by atoms with van der Waals surface area (Å²) in [4.78, 5) is 29.5. The number of rotatable bonds is 4. The van der Waals surface area contributed by atoms with Crippen molar-refractivity contribution in [3.63, 3.8) is 0 Å². The topological polar surface area (TPSA) is 75.5 Å². The van der Waals surface area contributed by atoms with Crippen LogP contribution in [-0.4, -0.2) is 36.8 Å². The SMILES string of the molecule is COCCn1c(-c2ccccc2)cn2c3c(=O)n(C)c(=O)n(C)c3nc12. The zero-order valence-corrected chi connectivity index (χ0v) is 14.8. The minimum absolute atomic E-state index is 0.362. The number of ether oxygens (including phenoxy) is 1. The van der Waals surface area contributed by atoms with Crippen LogP contribution in [0.15, 0.2) is 46.1 Å². The van der Waals surface area contributed by atoms with Crippen molar-refractivity contribution >= 4 is 16.9 Å². The smallest absolute Gasteiger partial charge is 0.332 e. The van der Waals surface area contributed by atoms with Crippen LogP contribution < -0.4 is 11.2 Å². The van der Waals surface area contributed by atoms with Crippen LogP contribution in [0.3, 0.4) is 0 Å². The first-order chi connectivity index (χ1) is 12.5. The van der Waals surface area contributed by atoms with E-state index in [1.54, 1.807) is 18.6 Å². The second kappa shape index (κ2) is 5.99. The Balaban J connectivity index is 2.12.